The first-order valence-corrected chi connectivity index (χ1v) is 4.92. The van der Waals surface area contributed by atoms with Crippen LogP contribution >= 0.6 is 0 Å². The summed E-state index contributed by atoms with van der Waals surface area (Å²) in [5.74, 6) is -2.45. The normalized spacial score (nSPS) is 15.7. The second-order valence-electron chi connectivity index (χ2n) is 3.29. The molecule has 1 N–H and O–H groups in total. The molecule has 0 amide bonds. The first-order chi connectivity index (χ1) is 10.6. The van der Waals surface area contributed by atoms with E-state index in [1.54, 1.807) is 0 Å². The van der Waals surface area contributed by atoms with Crippen molar-refractivity contribution in [1.29, 1.82) is 0 Å². The van der Waals surface area contributed by atoms with Crippen molar-refractivity contribution in [1.82, 2.24) is 5.32 Å². The second kappa shape index (κ2) is 8.74. The van der Waals surface area contributed by atoms with E-state index in [1.165, 1.54) is 6.92 Å². The van der Waals surface area contributed by atoms with Crippen molar-refractivity contribution in [2.75, 3.05) is 7.11 Å². The van der Waals surface area contributed by atoms with Crippen molar-refractivity contribution in [3.05, 3.63) is 47.5 Å². The largest absolute Gasteiger partial charge is 1.00 e. The second-order valence-corrected chi connectivity index (χ2v) is 3.29. The van der Waals surface area contributed by atoms with Crippen molar-refractivity contribution < 1.29 is 55.8 Å². The molecule has 96 valence electrons. The zero-order chi connectivity index (χ0) is 17.9. The fraction of sp³-hybridized carbons (Fsp3) is 0.231. The van der Waals surface area contributed by atoms with Crippen LogP contribution in [0.15, 0.2) is 42.0 Å². The number of carbonyl (C=O) groups is 2. The standard InChI is InChI=1S/C13H15NO4.Na/c1-9(8-11(15)18-2)14-12(13(16)17)10-6-4-3-5-7-10;/h3-8,12,14H,1-2H3,(H,16,17);/q;+1/p-1/b9-8-;/i3D,4D,5D,6D,7D;. The number of nitrogens with one attached hydrogen (secondary N) is 1. The van der Waals surface area contributed by atoms with Crippen LogP contribution in [0.2, 0.25) is 0 Å². The molecule has 1 atom stereocenters. The van der Waals surface area contributed by atoms with Crippen molar-refractivity contribution in [3.8, 4) is 0 Å². The molecule has 19 heavy (non-hydrogen) atoms. The maximum atomic E-state index is 11.3. The van der Waals surface area contributed by atoms with Gasteiger partial charge in [0.15, 0.2) is 0 Å². The molecular weight excluding hydrogens is 257 g/mol. The van der Waals surface area contributed by atoms with Crippen LogP contribution in [0.1, 0.15) is 25.4 Å². The molecule has 1 rings (SSSR count). The summed E-state index contributed by atoms with van der Waals surface area (Å²) in [5, 5.41) is 13.7. The van der Waals surface area contributed by atoms with Gasteiger partial charge in [-0.15, -0.1) is 0 Å². The van der Waals surface area contributed by atoms with E-state index in [0.717, 1.165) is 13.2 Å². The van der Waals surface area contributed by atoms with E-state index in [2.05, 4.69) is 10.1 Å². The van der Waals surface area contributed by atoms with Gasteiger partial charge in [0.1, 0.15) is 0 Å². The summed E-state index contributed by atoms with van der Waals surface area (Å²) in [5.41, 5.74) is -0.411. The SMILES string of the molecule is [2H]c1c([2H])c([2H])c(C(N/C(C)=C\C(=O)OC)C(=O)[O-])c([2H])c1[2H].[Na+]. The molecule has 0 aliphatic rings. The van der Waals surface area contributed by atoms with Crippen LogP contribution in [0.5, 0.6) is 0 Å². The third-order valence-electron chi connectivity index (χ3n) is 1.95. The van der Waals surface area contributed by atoms with Gasteiger partial charge >= 0.3 is 35.5 Å². The van der Waals surface area contributed by atoms with Gasteiger partial charge in [0.25, 0.3) is 0 Å². The maximum Gasteiger partial charge on any atom is 1.00 e. The summed E-state index contributed by atoms with van der Waals surface area (Å²) in [7, 11) is 1.14. The third-order valence-corrected chi connectivity index (χ3v) is 1.95. The molecule has 0 aliphatic carbocycles. The van der Waals surface area contributed by atoms with Crippen LogP contribution in [0, 0.1) is 0 Å². The Bertz CT molecular complexity index is 666. The molecule has 0 radical (unpaired) electrons. The van der Waals surface area contributed by atoms with E-state index in [-0.39, 0.29) is 35.3 Å². The predicted molar refractivity (Wildman–Crippen MR) is 63.1 cm³/mol. The number of carboxylic acids is 1. The van der Waals surface area contributed by atoms with Gasteiger partial charge in [-0.2, -0.15) is 0 Å². The van der Waals surface area contributed by atoms with Crippen molar-refractivity contribution >= 4 is 11.9 Å². The quantitative estimate of drug-likeness (QED) is 0.356. The van der Waals surface area contributed by atoms with E-state index in [0.29, 0.717) is 0 Å². The molecular formula is C13H14NNaO4. The number of hydrogen-bond donors (Lipinski definition) is 1. The van der Waals surface area contributed by atoms with Gasteiger partial charge in [-0.1, -0.05) is 30.2 Å². The smallest absolute Gasteiger partial charge is 0.548 e. The van der Waals surface area contributed by atoms with Gasteiger partial charge in [0.05, 0.1) is 26.0 Å². The van der Waals surface area contributed by atoms with E-state index in [9.17, 15) is 14.7 Å². The molecule has 0 fully saturated rings. The number of ether oxygens (including phenoxy) is 1. The van der Waals surface area contributed by atoms with E-state index >= 15 is 0 Å². The minimum absolute atomic E-state index is 0. The summed E-state index contributed by atoms with van der Waals surface area (Å²) >= 11 is 0. The molecule has 1 aromatic rings. The van der Waals surface area contributed by atoms with Crippen molar-refractivity contribution in [2.24, 2.45) is 0 Å². The van der Waals surface area contributed by atoms with E-state index in [1.807, 2.05) is 0 Å². The van der Waals surface area contributed by atoms with Gasteiger partial charge in [0, 0.05) is 11.8 Å². The zero-order valence-corrected chi connectivity index (χ0v) is 12.8. The Hall–Kier alpha value is -1.30. The first-order valence-electron chi connectivity index (χ1n) is 7.42. The molecule has 0 aliphatic heterocycles. The first kappa shape index (κ1) is 10.5. The van der Waals surface area contributed by atoms with Crippen LogP contribution in [0.4, 0.5) is 0 Å². The van der Waals surface area contributed by atoms with Gasteiger partial charge in [0.2, 0.25) is 0 Å². The number of benzene rings is 1. The molecule has 1 unspecified atom stereocenters. The molecule has 1 aromatic carbocycles. The molecule has 0 bridgehead atoms. The number of methoxy groups -OCH3 is 1. The zero-order valence-electron chi connectivity index (χ0n) is 15.8. The average molecular weight is 276 g/mol. The van der Waals surface area contributed by atoms with Crippen LogP contribution in [0.25, 0.3) is 0 Å². The van der Waals surface area contributed by atoms with Gasteiger partial charge in [-0.25, -0.2) is 4.79 Å². The summed E-state index contributed by atoms with van der Waals surface area (Å²) < 4.78 is 42.5. The van der Waals surface area contributed by atoms with Crippen molar-refractivity contribution in [3.63, 3.8) is 0 Å². The third kappa shape index (κ3) is 5.92. The van der Waals surface area contributed by atoms with Crippen LogP contribution in [-0.2, 0) is 14.3 Å². The number of aliphatic carboxylic acids is 1. The number of carbonyl (C=O) groups excluding carboxylic acids is 2. The van der Waals surface area contributed by atoms with Crippen LogP contribution < -0.4 is 40.0 Å². The molecule has 5 nitrogen and oxygen atoms in total. The molecule has 0 aromatic heterocycles. The molecule has 0 spiro atoms. The minimum atomic E-state index is -1.73. The predicted octanol–water partition coefficient (Wildman–Crippen LogP) is -2.85. The Labute approximate surface area is 141 Å². The maximum absolute atomic E-state index is 11.3. The number of carboxylic acid groups (broad SMARTS) is 1. The molecule has 6 heteroatoms. The average Bonchev–Trinajstić information content (AvgIpc) is 2.49. The van der Waals surface area contributed by atoms with E-state index in [4.69, 9.17) is 6.85 Å². The number of allylic oxidation sites excluding steroid dienone is 1. The summed E-state index contributed by atoms with van der Waals surface area (Å²) in [6.07, 6.45) is 0.964. The summed E-state index contributed by atoms with van der Waals surface area (Å²) in [4.78, 5) is 22.5. The summed E-state index contributed by atoms with van der Waals surface area (Å²) in [6.45, 7) is 1.36. The van der Waals surface area contributed by atoms with E-state index < -0.39 is 53.8 Å². The fourth-order valence-electron chi connectivity index (χ4n) is 1.16. The minimum Gasteiger partial charge on any atom is -0.548 e. The van der Waals surface area contributed by atoms with Gasteiger partial charge in [-0.3, -0.25) is 0 Å². The van der Waals surface area contributed by atoms with Crippen LogP contribution in [0.3, 0.4) is 0 Å². The number of hydrogen-bond acceptors (Lipinski definition) is 5. The number of esters is 1. The van der Waals surface area contributed by atoms with Gasteiger partial charge in [-0.05, 0) is 12.5 Å². The molecule has 0 saturated heterocycles. The Kier molecular flexibility index (Phi) is 4.82. The van der Waals surface area contributed by atoms with Crippen LogP contribution in [-0.4, -0.2) is 19.0 Å². The Morgan fingerprint density at radius 1 is 1.42 bits per heavy atom. The summed E-state index contributed by atoms with van der Waals surface area (Å²) in [6, 6.07) is -5.02. The van der Waals surface area contributed by atoms with Crippen molar-refractivity contribution in [2.45, 2.75) is 13.0 Å². The Morgan fingerprint density at radius 3 is 2.47 bits per heavy atom. The Balaban J connectivity index is 0.00000529. The topological polar surface area (TPSA) is 78.5 Å². The van der Waals surface area contributed by atoms with Gasteiger partial charge < -0.3 is 20.0 Å². The Morgan fingerprint density at radius 2 is 2.00 bits per heavy atom. The fourth-order valence-corrected chi connectivity index (χ4v) is 1.16. The monoisotopic (exact) mass is 276 g/mol. The molecule has 0 heterocycles. The number of rotatable bonds is 5. The molecule has 0 saturated carbocycles.